The van der Waals surface area contributed by atoms with E-state index in [9.17, 15) is 4.39 Å². The van der Waals surface area contributed by atoms with Crippen molar-refractivity contribution in [1.29, 1.82) is 0 Å². The topological polar surface area (TPSA) is 29.3 Å². The Bertz CT molecular complexity index is 468. The molecule has 0 aliphatic carbocycles. The summed E-state index contributed by atoms with van der Waals surface area (Å²) in [5.74, 6) is -0.297. The van der Waals surface area contributed by atoms with Gasteiger partial charge >= 0.3 is 0 Å². The zero-order valence-corrected chi connectivity index (χ0v) is 13.8. The molecule has 1 unspecified atom stereocenters. The maximum Gasteiger partial charge on any atom is 0.124 e. The van der Waals surface area contributed by atoms with Crippen molar-refractivity contribution in [2.75, 3.05) is 13.1 Å². The number of nitrogens with zero attached hydrogens (tertiary/aromatic N) is 1. The molecule has 1 aliphatic rings. The average molecular weight is 313 g/mol. The molecule has 2 rings (SSSR count). The van der Waals surface area contributed by atoms with E-state index in [2.05, 4.69) is 18.7 Å². The van der Waals surface area contributed by atoms with E-state index in [0.717, 1.165) is 31.5 Å². The highest BCUT2D eigenvalue weighted by Gasteiger charge is 2.40. The number of benzene rings is 1. The Morgan fingerprint density at radius 1 is 1.29 bits per heavy atom. The van der Waals surface area contributed by atoms with Crippen molar-refractivity contribution in [2.24, 2.45) is 5.73 Å². The molecule has 0 spiro atoms. The molecular formula is C17H26ClFN2. The van der Waals surface area contributed by atoms with Gasteiger partial charge in [-0.3, -0.25) is 4.90 Å². The fourth-order valence-corrected chi connectivity index (χ4v) is 3.98. The molecule has 21 heavy (non-hydrogen) atoms. The van der Waals surface area contributed by atoms with Gasteiger partial charge in [-0.25, -0.2) is 4.39 Å². The lowest BCUT2D eigenvalue weighted by Gasteiger charge is -2.45. The van der Waals surface area contributed by atoms with Crippen LogP contribution in [0.15, 0.2) is 18.2 Å². The second kappa shape index (κ2) is 7.08. The fraction of sp³-hybridized carbons (Fsp3) is 0.647. The number of nitrogens with two attached hydrogens (primary N) is 1. The first kappa shape index (κ1) is 16.7. The fourth-order valence-electron chi connectivity index (χ4n) is 3.73. The van der Waals surface area contributed by atoms with Crippen molar-refractivity contribution in [2.45, 2.75) is 57.5 Å². The molecule has 2 N–H and O–H groups in total. The maximum absolute atomic E-state index is 13.2. The van der Waals surface area contributed by atoms with E-state index in [-0.39, 0.29) is 17.4 Å². The second-order valence-corrected chi connectivity index (χ2v) is 6.46. The standard InChI is InChI=1S/C17H26ClFN2/c1-3-17(4-2,21-9-5-6-10-21)16(20)11-13-7-8-14(19)12-15(13)18/h7-8,12,16H,3-6,9-11,20H2,1-2H3. The van der Waals surface area contributed by atoms with Crippen molar-refractivity contribution in [3.8, 4) is 0 Å². The number of hydrogen-bond acceptors (Lipinski definition) is 2. The van der Waals surface area contributed by atoms with Crippen LogP contribution in [0.2, 0.25) is 5.02 Å². The molecule has 1 atom stereocenters. The van der Waals surface area contributed by atoms with Crippen LogP contribution in [0.5, 0.6) is 0 Å². The van der Waals surface area contributed by atoms with Crippen molar-refractivity contribution in [1.82, 2.24) is 4.90 Å². The van der Waals surface area contributed by atoms with Crippen LogP contribution in [0.3, 0.4) is 0 Å². The molecule has 0 radical (unpaired) electrons. The minimum atomic E-state index is -0.297. The zero-order chi connectivity index (χ0) is 15.5. The predicted molar refractivity (Wildman–Crippen MR) is 87.2 cm³/mol. The minimum Gasteiger partial charge on any atom is -0.326 e. The normalized spacial score (nSPS) is 18.1. The molecule has 0 saturated carbocycles. The summed E-state index contributed by atoms with van der Waals surface area (Å²) in [7, 11) is 0. The Labute approximate surface area is 132 Å². The summed E-state index contributed by atoms with van der Waals surface area (Å²) in [5.41, 5.74) is 7.56. The first-order valence-electron chi connectivity index (χ1n) is 7.98. The summed E-state index contributed by atoms with van der Waals surface area (Å²) in [5, 5.41) is 0.480. The van der Waals surface area contributed by atoms with Gasteiger partial charge in [-0.1, -0.05) is 31.5 Å². The van der Waals surface area contributed by atoms with Gasteiger partial charge in [-0.15, -0.1) is 0 Å². The van der Waals surface area contributed by atoms with Gasteiger partial charge in [0, 0.05) is 16.6 Å². The molecule has 1 aliphatic heterocycles. The zero-order valence-electron chi connectivity index (χ0n) is 13.0. The highest BCUT2D eigenvalue weighted by molar-refractivity contribution is 6.31. The Morgan fingerprint density at radius 3 is 2.43 bits per heavy atom. The molecule has 2 nitrogen and oxygen atoms in total. The smallest absolute Gasteiger partial charge is 0.124 e. The lowest BCUT2D eigenvalue weighted by Crippen LogP contribution is -2.59. The van der Waals surface area contributed by atoms with E-state index >= 15 is 0 Å². The van der Waals surface area contributed by atoms with E-state index in [1.807, 2.05) is 0 Å². The first-order chi connectivity index (χ1) is 10.0. The molecule has 118 valence electrons. The Kier molecular flexibility index (Phi) is 5.64. The Hall–Kier alpha value is -0.640. The summed E-state index contributed by atoms with van der Waals surface area (Å²) in [6.07, 6.45) is 5.27. The maximum atomic E-state index is 13.2. The summed E-state index contributed by atoms with van der Waals surface area (Å²) in [6.45, 7) is 6.70. The molecule has 1 aromatic rings. The van der Waals surface area contributed by atoms with Crippen LogP contribution < -0.4 is 5.73 Å². The Balaban J connectivity index is 2.20. The average Bonchev–Trinajstić information content (AvgIpc) is 2.99. The lowest BCUT2D eigenvalue weighted by molar-refractivity contribution is 0.0768. The number of hydrogen-bond donors (Lipinski definition) is 1. The summed E-state index contributed by atoms with van der Waals surface area (Å²) in [6, 6.07) is 4.61. The highest BCUT2D eigenvalue weighted by Crippen LogP contribution is 2.33. The predicted octanol–water partition coefficient (Wildman–Crippen LogP) is 4.00. The summed E-state index contributed by atoms with van der Waals surface area (Å²) >= 11 is 6.16. The van der Waals surface area contributed by atoms with Gasteiger partial charge in [-0.2, -0.15) is 0 Å². The van der Waals surface area contributed by atoms with Gasteiger partial charge in [-0.05, 0) is 62.9 Å². The van der Waals surface area contributed by atoms with Crippen molar-refractivity contribution in [3.05, 3.63) is 34.6 Å². The molecule has 0 aromatic heterocycles. The monoisotopic (exact) mass is 312 g/mol. The van der Waals surface area contributed by atoms with Gasteiger partial charge in [0.2, 0.25) is 0 Å². The molecule has 0 amide bonds. The van der Waals surface area contributed by atoms with E-state index < -0.39 is 0 Å². The van der Waals surface area contributed by atoms with Gasteiger partial charge in [0.05, 0.1) is 0 Å². The molecule has 1 aromatic carbocycles. The number of likely N-dealkylation sites (tertiary alicyclic amines) is 1. The van der Waals surface area contributed by atoms with Crippen LogP contribution in [-0.2, 0) is 6.42 Å². The highest BCUT2D eigenvalue weighted by atomic mass is 35.5. The van der Waals surface area contributed by atoms with Crippen LogP contribution in [0.1, 0.15) is 45.1 Å². The van der Waals surface area contributed by atoms with Gasteiger partial charge in [0.1, 0.15) is 5.82 Å². The molecule has 1 saturated heterocycles. The quantitative estimate of drug-likeness (QED) is 0.860. The molecule has 1 fully saturated rings. The summed E-state index contributed by atoms with van der Waals surface area (Å²) < 4.78 is 13.2. The van der Waals surface area contributed by atoms with Crippen LogP contribution in [0.25, 0.3) is 0 Å². The summed E-state index contributed by atoms with van der Waals surface area (Å²) in [4.78, 5) is 2.55. The largest absolute Gasteiger partial charge is 0.326 e. The third kappa shape index (κ3) is 3.41. The van der Waals surface area contributed by atoms with E-state index in [0.29, 0.717) is 11.4 Å². The Morgan fingerprint density at radius 2 is 1.90 bits per heavy atom. The van der Waals surface area contributed by atoms with Crippen molar-refractivity contribution < 1.29 is 4.39 Å². The SMILES string of the molecule is CCC(CC)(C(N)Cc1ccc(F)cc1Cl)N1CCCC1. The van der Waals surface area contributed by atoms with Gasteiger partial charge in [0.15, 0.2) is 0 Å². The third-order valence-corrected chi connectivity index (χ3v) is 5.46. The number of rotatable bonds is 6. The van der Waals surface area contributed by atoms with E-state index in [1.54, 1.807) is 6.07 Å². The minimum absolute atomic E-state index is 0.00793. The van der Waals surface area contributed by atoms with E-state index in [4.69, 9.17) is 17.3 Å². The first-order valence-corrected chi connectivity index (χ1v) is 8.36. The lowest BCUT2D eigenvalue weighted by atomic mass is 9.80. The third-order valence-electron chi connectivity index (χ3n) is 5.11. The van der Waals surface area contributed by atoms with Crippen LogP contribution in [0.4, 0.5) is 4.39 Å². The molecule has 1 heterocycles. The van der Waals surface area contributed by atoms with Crippen LogP contribution in [-0.4, -0.2) is 29.6 Å². The van der Waals surface area contributed by atoms with Crippen molar-refractivity contribution >= 4 is 11.6 Å². The van der Waals surface area contributed by atoms with E-state index in [1.165, 1.54) is 25.0 Å². The number of halogens is 2. The molecular weight excluding hydrogens is 287 g/mol. The van der Waals surface area contributed by atoms with Crippen LogP contribution >= 0.6 is 11.6 Å². The van der Waals surface area contributed by atoms with Gasteiger partial charge < -0.3 is 5.73 Å². The van der Waals surface area contributed by atoms with Gasteiger partial charge in [0.25, 0.3) is 0 Å². The van der Waals surface area contributed by atoms with Crippen molar-refractivity contribution in [3.63, 3.8) is 0 Å². The molecule has 4 heteroatoms. The second-order valence-electron chi connectivity index (χ2n) is 6.05. The molecule has 0 bridgehead atoms. The van der Waals surface area contributed by atoms with Crippen LogP contribution in [0, 0.1) is 5.82 Å².